The lowest BCUT2D eigenvalue weighted by Gasteiger charge is -2.15. The van der Waals surface area contributed by atoms with Crippen molar-refractivity contribution >= 4 is 17.5 Å². The van der Waals surface area contributed by atoms with Gasteiger partial charge >= 0.3 is 0 Å². The normalized spacial score (nSPS) is 11.6. The van der Waals surface area contributed by atoms with Crippen molar-refractivity contribution in [1.29, 1.82) is 0 Å². The van der Waals surface area contributed by atoms with Gasteiger partial charge in [-0.1, -0.05) is 6.92 Å². The van der Waals surface area contributed by atoms with Crippen molar-refractivity contribution < 1.29 is 14.3 Å². The summed E-state index contributed by atoms with van der Waals surface area (Å²) in [6.07, 6.45) is 0.843. The second-order valence-corrected chi connectivity index (χ2v) is 4.45. The molecule has 1 rings (SSSR count). The number of methoxy groups -OCH3 is 1. The zero-order valence-electron chi connectivity index (χ0n) is 12.0. The van der Waals surface area contributed by atoms with Crippen molar-refractivity contribution in [2.24, 2.45) is 0 Å². The fourth-order valence-corrected chi connectivity index (χ4v) is 1.64. The molecule has 0 aliphatic heterocycles. The van der Waals surface area contributed by atoms with Crippen molar-refractivity contribution in [2.75, 3.05) is 19.4 Å². The standard InChI is InChI=1S/C14H21N3O3/c1-4-7-16-13(18)9(2)17-14(19)11-8-10(15)5-6-12(11)20-3/h5-6,8-9H,4,7,15H2,1-3H3,(H,16,18)(H,17,19). The molecule has 2 amide bonds. The molecule has 0 bridgehead atoms. The lowest BCUT2D eigenvalue weighted by molar-refractivity contribution is -0.122. The van der Waals surface area contributed by atoms with E-state index >= 15 is 0 Å². The Kier molecular flexibility index (Phi) is 5.83. The van der Waals surface area contributed by atoms with E-state index in [1.54, 1.807) is 19.1 Å². The van der Waals surface area contributed by atoms with Gasteiger partial charge < -0.3 is 21.1 Å². The Morgan fingerprint density at radius 2 is 2.10 bits per heavy atom. The van der Waals surface area contributed by atoms with Gasteiger partial charge in [0.05, 0.1) is 12.7 Å². The third-order valence-electron chi connectivity index (χ3n) is 2.76. The lowest BCUT2D eigenvalue weighted by Crippen LogP contribution is -2.45. The molecule has 0 aromatic heterocycles. The van der Waals surface area contributed by atoms with Gasteiger partial charge in [0.25, 0.3) is 5.91 Å². The minimum atomic E-state index is -0.625. The molecule has 1 aromatic rings. The molecule has 0 fully saturated rings. The Hall–Kier alpha value is -2.24. The molecule has 1 aromatic carbocycles. The van der Waals surface area contributed by atoms with Crippen LogP contribution in [0.4, 0.5) is 5.69 Å². The molecule has 0 spiro atoms. The number of nitrogens with one attached hydrogen (secondary N) is 2. The van der Waals surface area contributed by atoms with Crippen LogP contribution < -0.4 is 21.1 Å². The molecule has 1 unspecified atom stereocenters. The van der Waals surface area contributed by atoms with E-state index in [4.69, 9.17) is 10.5 Å². The van der Waals surface area contributed by atoms with Gasteiger partial charge in [-0.2, -0.15) is 0 Å². The van der Waals surface area contributed by atoms with Gasteiger partial charge in [0.1, 0.15) is 11.8 Å². The van der Waals surface area contributed by atoms with Gasteiger partial charge in [-0.25, -0.2) is 0 Å². The number of anilines is 1. The van der Waals surface area contributed by atoms with Gasteiger partial charge in [-0.05, 0) is 31.5 Å². The first-order chi connectivity index (χ1) is 9.49. The Balaban J connectivity index is 2.75. The molecule has 6 heteroatoms. The van der Waals surface area contributed by atoms with Gasteiger partial charge in [0, 0.05) is 12.2 Å². The summed E-state index contributed by atoms with van der Waals surface area (Å²) < 4.78 is 5.11. The van der Waals surface area contributed by atoms with E-state index in [2.05, 4.69) is 10.6 Å². The summed E-state index contributed by atoms with van der Waals surface area (Å²) in [6, 6.07) is 4.16. The van der Waals surface area contributed by atoms with Crippen molar-refractivity contribution in [3.63, 3.8) is 0 Å². The van der Waals surface area contributed by atoms with E-state index < -0.39 is 11.9 Å². The summed E-state index contributed by atoms with van der Waals surface area (Å²) in [5.41, 5.74) is 6.43. The average Bonchev–Trinajstić information content (AvgIpc) is 2.44. The smallest absolute Gasteiger partial charge is 0.255 e. The van der Waals surface area contributed by atoms with E-state index in [1.165, 1.54) is 13.2 Å². The molecule has 0 saturated carbocycles. The average molecular weight is 279 g/mol. The minimum absolute atomic E-state index is 0.219. The minimum Gasteiger partial charge on any atom is -0.496 e. The molecule has 0 aliphatic rings. The quantitative estimate of drug-likeness (QED) is 0.675. The highest BCUT2D eigenvalue weighted by atomic mass is 16.5. The van der Waals surface area contributed by atoms with Gasteiger partial charge in [-0.3, -0.25) is 9.59 Å². The van der Waals surface area contributed by atoms with E-state index in [0.717, 1.165) is 6.42 Å². The van der Waals surface area contributed by atoms with Crippen molar-refractivity contribution in [3.8, 4) is 5.75 Å². The molecule has 0 radical (unpaired) electrons. The molecule has 1 atom stereocenters. The van der Waals surface area contributed by atoms with Crippen LogP contribution in [0.3, 0.4) is 0 Å². The molecule has 20 heavy (non-hydrogen) atoms. The number of ether oxygens (including phenoxy) is 1. The lowest BCUT2D eigenvalue weighted by atomic mass is 10.1. The highest BCUT2D eigenvalue weighted by Crippen LogP contribution is 2.20. The van der Waals surface area contributed by atoms with E-state index in [-0.39, 0.29) is 5.91 Å². The zero-order chi connectivity index (χ0) is 15.1. The predicted octanol–water partition coefficient (Wildman–Crippen LogP) is 0.922. The second kappa shape index (κ2) is 7.37. The van der Waals surface area contributed by atoms with Crippen LogP contribution in [0.15, 0.2) is 18.2 Å². The Labute approximate surface area is 118 Å². The number of nitrogens with two attached hydrogens (primary N) is 1. The van der Waals surface area contributed by atoms with Crippen LogP contribution in [0, 0.1) is 0 Å². The van der Waals surface area contributed by atoms with Crippen LogP contribution >= 0.6 is 0 Å². The fraction of sp³-hybridized carbons (Fsp3) is 0.429. The van der Waals surface area contributed by atoms with E-state index in [1.807, 2.05) is 6.92 Å². The monoisotopic (exact) mass is 279 g/mol. The van der Waals surface area contributed by atoms with Gasteiger partial charge in [0.15, 0.2) is 0 Å². The Bertz CT molecular complexity index is 489. The Morgan fingerprint density at radius 3 is 2.70 bits per heavy atom. The Morgan fingerprint density at radius 1 is 1.40 bits per heavy atom. The highest BCUT2D eigenvalue weighted by Gasteiger charge is 2.18. The number of nitrogen functional groups attached to an aromatic ring is 1. The number of carbonyl (C=O) groups is 2. The van der Waals surface area contributed by atoms with E-state index in [9.17, 15) is 9.59 Å². The third kappa shape index (κ3) is 4.15. The largest absolute Gasteiger partial charge is 0.496 e. The summed E-state index contributed by atoms with van der Waals surface area (Å²) >= 11 is 0. The summed E-state index contributed by atoms with van der Waals surface area (Å²) in [4.78, 5) is 23.8. The maximum absolute atomic E-state index is 12.1. The molecule has 0 saturated heterocycles. The number of hydrogen-bond donors (Lipinski definition) is 3. The summed E-state index contributed by atoms with van der Waals surface area (Å²) in [6.45, 7) is 4.17. The van der Waals surface area contributed by atoms with Gasteiger partial charge in [-0.15, -0.1) is 0 Å². The molecule has 0 heterocycles. The number of rotatable bonds is 6. The highest BCUT2D eigenvalue weighted by molar-refractivity contribution is 6.00. The molecule has 4 N–H and O–H groups in total. The summed E-state index contributed by atoms with van der Waals surface area (Å²) in [5, 5.41) is 5.34. The topological polar surface area (TPSA) is 93.5 Å². The van der Waals surface area contributed by atoms with Gasteiger partial charge in [0.2, 0.25) is 5.91 Å². The zero-order valence-corrected chi connectivity index (χ0v) is 12.0. The summed E-state index contributed by atoms with van der Waals surface area (Å²) in [5.74, 6) is -0.200. The molecular formula is C14H21N3O3. The molecule has 6 nitrogen and oxygen atoms in total. The number of carbonyl (C=O) groups excluding carboxylic acids is 2. The first-order valence-electron chi connectivity index (χ1n) is 6.51. The molecule has 0 aliphatic carbocycles. The van der Waals surface area contributed by atoms with Crippen molar-refractivity contribution in [1.82, 2.24) is 10.6 Å². The fourth-order valence-electron chi connectivity index (χ4n) is 1.64. The predicted molar refractivity (Wildman–Crippen MR) is 77.6 cm³/mol. The van der Waals surface area contributed by atoms with E-state index in [0.29, 0.717) is 23.5 Å². The second-order valence-electron chi connectivity index (χ2n) is 4.45. The number of benzene rings is 1. The number of hydrogen-bond acceptors (Lipinski definition) is 4. The molecule has 110 valence electrons. The first kappa shape index (κ1) is 15.8. The van der Waals surface area contributed by atoms with Crippen LogP contribution in [-0.4, -0.2) is 31.5 Å². The van der Waals surface area contributed by atoms with Crippen LogP contribution in [-0.2, 0) is 4.79 Å². The number of amides is 2. The molecular weight excluding hydrogens is 258 g/mol. The summed E-state index contributed by atoms with van der Waals surface area (Å²) in [7, 11) is 1.47. The maximum atomic E-state index is 12.1. The SMILES string of the molecule is CCCNC(=O)C(C)NC(=O)c1cc(N)ccc1OC. The van der Waals surface area contributed by atoms with Crippen molar-refractivity contribution in [2.45, 2.75) is 26.3 Å². The van der Waals surface area contributed by atoms with Crippen LogP contribution in [0.25, 0.3) is 0 Å². The maximum Gasteiger partial charge on any atom is 0.255 e. The third-order valence-corrected chi connectivity index (χ3v) is 2.76. The van der Waals surface area contributed by atoms with Crippen LogP contribution in [0.5, 0.6) is 5.75 Å². The van der Waals surface area contributed by atoms with Crippen molar-refractivity contribution in [3.05, 3.63) is 23.8 Å². The van der Waals surface area contributed by atoms with Crippen LogP contribution in [0.2, 0.25) is 0 Å². The van der Waals surface area contributed by atoms with Crippen LogP contribution in [0.1, 0.15) is 30.6 Å². The first-order valence-corrected chi connectivity index (χ1v) is 6.51.